The van der Waals surface area contributed by atoms with Gasteiger partial charge in [0.1, 0.15) is 11.8 Å². The Hall–Kier alpha value is -4.30. The number of nitrogens with zero attached hydrogens (tertiary/aromatic N) is 4. The van der Waals surface area contributed by atoms with Gasteiger partial charge in [0, 0.05) is 28.7 Å². The first-order valence-corrected chi connectivity index (χ1v) is 14.2. The number of aromatic nitrogens is 3. The molecule has 5 rings (SSSR count). The lowest BCUT2D eigenvalue weighted by Gasteiger charge is -2.38. The van der Waals surface area contributed by atoms with Gasteiger partial charge in [-0.25, -0.2) is 9.48 Å². The van der Waals surface area contributed by atoms with E-state index in [-0.39, 0.29) is 11.6 Å². The lowest BCUT2D eigenvalue weighted by molar-refractivity contribution is 0.112. The van der Waals surface area contributed by atoms with Crippen molar-refractivity contribution in [2.45, 2.75) is 70.6 Å². The van der Waals surface area contributed by atoms with Crippen LogP contribution in [-0.4, -0.2) is 50.1 Å². The Labute approximate surface area is 240 Å². The lowest BCUT2D eigenvalue weighted by Crippen LogP contribution is -2.49. The molecule has 1 fully saturated rings. The minimum Gasteiger partial charge on any atom is -0.465 e. The third kappa shape index (κ3) is 6.72. The zero-order chi connectivity index (χ0) is 29.0. The summed E-state index contributed by atoms with van der Waals surface area (Å²) < 4.78 is 1.77. The molecular weight excluding hydrogens is 514 g/mol. The molecule has 0 saturated heterocycles. The summed E-state index contributed by atoms with van der Waals surface area (Å²) in [4.78, 5) is 25.5. The second-order valence-electron chi connectivity index (χ2n) is 11.7. The van der Waals surface area contributed by atoms with E-state index >= 15 is 0 Å². The number of carbonyl (C=O) groups is 2. The number of aldehydes is 1. The molecule has 1 saturated carbocycles. The second-order valence-corrected chi connectivity index (χ2v) is 11.7. The number of fused-ring (bicyclic) bond motifs is 1. The van der Waals surface area contributed by atoms with Crippen molar-refractivity contribution in [1.29, 1.82) is 0 Å². The Morgan fingerprint density at radius 3 is 2.44 bits per heavy atom. The van der Waals surface area contributed by atoms with Crippen molar-refractivity contribution in [3.63, 3.8) is 0 Å². The Kier molecular flexibility index (Phi) is 8.31. The maximum Gasteiger partial charge on any atom is 0.412 e. The van der Waals surface area contributed by atoms with Crippen molar-refractivity contribution in [3.05, 3.63) is 83.9 Å². The van der Waals surface area contributed by atoms with E-state index in [4.69, 9.17) is 0 Å². The van der Waals surface area contributed by atoms with E-state index in [9.17, 15) is 14.7 Å². The lowest BCUT2D eigenvalue weighted by atomic mass is 9.88. The molecule has 0 atom stereocenters. The quantitative estimate of drug-likeness (QED) is 0.233. The molecule has 212 valence electrons. The summed E-state index contributed by atoms with van der Waals surface area (Å²) in [6.07, 6.45) is 7.31. The number of benzene rings is 3. The maximum absolute atomic E-state index is 12.8. The minimum absolute atomic E-state index is 0.0299. The molecule has 1 aliphatic rings. The fourth-order valence-corrected chi connectivity index (χ4v) is 5.75. The number of hydrogen-bond acceptors (Lipinski definition) is 5. The average molecular weight is 552 g/mol. The summed E-state index contributed by atoms with van der Waals surface area (Å²) in [5.74, 6) is 0. The van der Waals surface area contributed by atoms with Crippen molar-refractivity contribution < 1.29 is 14.7 Å². The van der Waals surface area contributed by atoms with Crippen molar-refractivity contribution in [2.75, 3.05) is 4.90 Å². The van der Waals surface area contributed by atoms with Crippen LogP contribution in [0.5, 0.6) is 0 Å². The largest absolute Gasteiger partial charge is 0.465 e. The van der Waals surface area contributed by atoms with Crippen molar-refractivity contribution in [2.24, 2.45) is 0 Å². The number of carboxylic acid groups (broad SMARTS) is 1. The molecule has 0 bridgehead atoms. The number of rotatable bonds is 8. The van der Waals surface area contributed by atoms with Gasteiger partial charge >= 0.3 is 6.09 Å². The highest BCUT2D eigenvalue weighted by molar-refractivity contribution is 5.94. The molecule has 4 aromatic rings. The van der Waals surface area contributed by atoms with Gasteiger partial charge in [-0.1, -0.05) is 59.8 Å². The van der Waals surface area contributed by atoms with Crippen LogP contribution >= 0.6 is 0 Å². The van der Waals surface area contributed by atoms with Crippen molar-refractivity contribution in [1.82, 2.24) is 20.3 Å². The molecule has 0 spiro atoms. The van der Waals surface area contributed by atoms with E-state index < -0.39 is 6.09 Å². The van der Waals surface area contributed by atoms with Crippen LogP contribution in [0.4, 0.5) is 10.5 Å². The Morgan fingerprint density at radius 2 is 1.76 bits per heavy atom. The van der Waals surface area contributed by atoms with Gasteiger partial charge in [-0.2, -0.15) is 0 Å². The summed E-state index contributed by atoms with van der Waals surface area (Å²) in [5.41, 5.74) is 5.59. The number of hydrogen-bond donors (Lipinski definition) is 2. The molecule has 1 heterocycles. The third-order valence-corrected chi connectivity index (χ3v) is 7.53. The zero-order valence-electron chi connectivity index (χ0n) is 23.8. The summed E-state index contributed by atoms with van der Waals surface area (Å²) in [6, 6.07) is 21.6. The number of nitrogens with one attached hydrogen (secondary N) is 1. The third-order valence-electron chi connectivity index (χ3n) is 7.53. The number of allylic oxidation sites excluding steroid dienone is 1. The molecule has 3 aromatic carbocycles. The highest BCUT2D eigenvalue weighted by Crippen LogP contribution is 2.37. The van der Waals surface area contributed by atoms with Gasteiger partial charge in [-0.3, -0.25) is 9.69 Å². The molecule has 0 radical (unpaired) electrons. The van der Waals surface area contributed by atoms with Gasteiger partial charge in [-0.15, -0.1) is 5.10 Å². The van der Waals surface area contributed by atoms with Gasteiger partial charge < -0.3 is 10.4 Å². The van der Waals surface area contributed by atoms with Gasteiger partial charge in [0.2, 0.25) is 0 Å². The number of amides is 1. The molecule has 1 amide bonds. The van der Waals surface area contributed by atoms with Crippen LogP contribution in [0.2, 0.25) is 0 Å². The van der Waals surface area contributed by atoms with E-state index in [0.717, 1.165) is 54.2 Å². The normalized spacial score (nSPS) is 17.6. The predicted molar refractivity (Wildman–Crippen MR) is 163 cm³/mol. The monoisotopic (exact) mass is 551 g/mol. The van der Waals surface area contributed by atoms with Crippen LogP contribution < -0.4 is 10.2 Å². The van der Waals surface area contributed by atoms with Crippen LogP contribution in [0.25, 0.3) is 28.2 Å². The molecule has 41 heavy (non-hydrogen) atoms. The Bertz CT molecular complexity index is 1550. The van der Waals surface area contributed by atoms with Crippen LogP contribution in [0.1, 0.15) is 62.4 Å². The highest BCUT2D eigenvalue weighted by Gasteiger charge is 2.32. The topological polar surface area (TPSA) is 100 Å². The molecule has 2 N–H and O–H groups in total. The van der Waals surface area contributed by atoms with E-state index in [1.54, 1.807) is 21.7 Å². The van der Waals surface area contributed by atoms with Crippen LogP contribution in [0, 0.1) is 0 Å². The fourth-order valence-electron chi connectivity index (χ4n) is 5.75. The summed E-state index contributed by atoms with van der Waals surface area (Å²) in [5, 5.41) is 22.6. The SMILES string of the molecule is CC(C)(C)N[C@H]1CC[C@H](N(C(=O)O)c2cc(C=CCn3nnc4cc(C=O)ccc43)ccc2-c2ccccc2)CC1. The minimum atomic E-state index is -0.931. The fraction of sp³-hybridized carbons (Fsp3) is 0.333. The van der Waals surface area contributed by atoms with Crippen molar-refractivity contribution >= 4 is 35.2 Å². The number of carbonyl (C=O) groups excluding carboxylic acids is 1. The Balaban J connectivity index is 1.42. The van der Waals surface area contributed by atoms with E-state index in [1.165, 1.54) is 0 Å². The molecule has 0 unspecified atom stereocenters. The maximum atomic E-state index is 12.8. The highest BCUT2D eigenvalue weighted by atomic mass is 16.4. The van der Waals surface area contributed by atoms with Crippen molar-refractivity contribution in [3.8, 4) is 11.1 Å². The van der Waals surface area contributed by atoms with Crippen LogP contribution in [-0.2, 0) is 6.54 Å². The van der Waals surface area contributed by atoms with Gasteiger partial charge in [0.05, 0.1) is 17.7 Å². The van der Waals surface area contributed by atoms with E-state index in [1.807, 2.05) is 66.7 Å². The first-order chi connectivity index (χ1) is 19.7. The summed E-state index contributed by atoms with van der Waals surface area (Å²) in [6.45, 7) is 6.99. The zero-order valence-corrected chi connectivity index (χ0v) is 23.8. The molecule has 8 nitrogen and oxygen atoms in total. The van der Waals surface area contributed by atoms with Crippen LogP contribution in [0.15, 0.2) is 72.8 Å². The van der Waals surface area contributed by atoms with Crippen LogP contribution in [0.3, 0.4) is 0 Å². The van der Waals surface area contributed by atoms with Gasteiger partial charge in [0.25, 0.3) is 0 Å². The molecular formula is C33H37N5O3. The smallest absolute Gasteiger partial charge is 0.412 e. The predicted octanol–water partition coefficient (Wildman–Crippen LogP) is 6.81. The molecule has 1 aromatic heterocycles. The first-order valence-electron chi connectivity index (χ1n) is 14.2. The molecule has 1 aliphatic carbocycles. The Morgan fingerprint density at radius 1 is 1.02 bits per heavy atom. The van der Waals surface area contributed by atoms with Gasteiger partial charge in [0.15, 0.2) is 0 Å². The standard InChI is InChI=1S/C33H37N5O3/c1-33(2,3)34-26-13-15-27(16-14-26)38(32(40)41)31-21-23(11-17-28(31)25-9-5-4-6-10-25)8-7-19-37-30-18-12-24(22-39)20-29(30)35-36-37/h4-12,17-18,20-22,26-27,34H,13-16,19H2,1-3H3,(H,40,41)/t26-,27-. The first kappa shape index (κ1) is 28.2. The second kappa shape index (κ2) is 12.1. The summed E-state index contributed by atoms with van der Waals surface area (Å²) >= 11 is 0. The molecule has 8 heteroatoms. The average Bonchev–Trinajstić information content (AvgIpc) is 3.36. The molecule has 0 aliphatic heterocycles. The number of anilines is 1. The van der Waals surface area contributed by atoms with Gasteiger partial charge in [-0.05, 0) is 81.8 Å². The summed E-state index contributed by atoms with van der Waals surface area (Å²) in [7, 11) is 0. The van der Waals surface area contributed by atoms with E-state index in [0.29, 0.717) is 29.4 Å². The van der Waals surface area contributed by atoms with E-state index in [2.05, 4.69) is 36.4 Å².